The van der Waals surface area contributed by atoms with Crippen LogP contribution in [0.1, 0.15) is 32.8 Å². The van der Waals surface area contributed by atoms with Gasteiger partial charge >= 0.3 is 0 Å². The summed E-state index contributed by atoms with van der Waals surface area (Å²) in [6.45, 7) is 6.37. The summed E-state index contributed by atoms with van der Waals surface area (Å²) in [4.78, 5) is 12.3. The molecule has 3 rings (SSSR count). The van der Waals surface area contributed by atoms with E-state index in [0.717, 1.165) is 6.42 Å². The molecule has 32 heavy (non-hydrogen) atoms. The fourth-order valence-corrected chi connectivity index (χ4v) is 4.05. The van der Waals surface area contributed by atoms with Crippen LogP contribution in [0.3, 0.4) is 0 Å². The lowest BCUT2D eigenvalue weighted by atomic mass is 9.82. The zero-order valence-corrected chi connectivity index (χ0v) is 19.3. The number of hydrogen-bond acceptors (Lipinski definition) is 4. The van der Waals surface area contributed by atoms with Gasteiger partial charge in [-0.1, -0.05) is 51.1 Å². The zero-order valence-electron chi connectivity index (χ0n) is 18.5. The molecule has 0 aromatic heterocycles. The van der Waals surface area contributed by atoms with E-state index < -0.39 is 10.0 Å². The van der Waals surface area contributed by atoms with Gasteiger partial charge in [0, 0.05) is 11.4 Å². The van der Waals surface area contributed by atoms with Crippen molar-refractivity contribution >= 4 is 27.3 Å². The Hall–Kier alpha value is -3.32. The number of para-hydroxylation sites is 1. The van der Waals surface area contributed by atoms with E-state index in [2.05, 4.69) is 30.8 Å². The third kappa shape index (κ3) is 6.11. The van der Waals surface area contributed by atoms with Crippen molar-refractivity contribution in [3.63, 3.8) is 0 Å². The molecule has 1 amide bonds. The summed E-state index contributed by atoms with van der Waals surface area (Å²) in [5.74, 6) is 0.283. The molecule has 0 saturated heterocycles. The number of nitrogens with one attached hydrogen (secondary N) is 2. The molecule has 0 radical (unpaired) electrons. The van der Waals surface area contributed by atoms with Crippen molar-refractivity contribution < 1.29 is 17.9 Å². The van der Waals surface area contributed by atoms with Gasteiger partial charge in [0.15, 0.2) is 6.61 Å². The highest BCUT2D eigenvalue weighted by molar-refractivity contribution is 7.92. The number of carbonyl (C=O) groups excluding carboxylic acids is 1. The van der Waals surface area contributed by atoms with E-state index in [1.165, 1.54) is 17.7 Å². The summed E-state index contributed by atoms with van der Waals surface area (Å²) in [5.41, 5.74) is 2.27. The third-order valence-electron chi connectivity index (χ3n) is 5.36. The van der Waals surface area contributed by atoms with Crippen LogP contribution >= 0.6 is 0 Å². The van der Waals surface area contributed by atoms with Crippen LogP contribution in [-0.2, 0) is 20.2 Å². The van der Waals surface area contributed by atoms with Crippen LogP contribution in [0.15, 0.2) is 83.8 Å². The van der Waals surface area contributed by atoms with Crippen molar-refractivity contribution in [3.8, 4) is 5.75 Å². The topological polar surface area (TPSA) is 84.5 Å². The van der Waals surface area contributed by atoms with Crippen LogP contribution in [0.5, 0.6) is 5.75 Å². The molecule has 3 aromatic carbocycles. The van der Waals surface area contributed by atoms with Gasteiger partial charge in [-0.05, 0) is 65.9 Å². The normalized spacial score (nSPS) is 11.6. The number of amides is 1. The molecule has 0 fully saturated rings. The lowest BCUT2D eigenvalue weighted by Crippen LogP contribution is -2.20. The largest absolute Gasteiger partial charge is 0.484 e. The molecule has 2 N–H and O–H groups in total. The maximum atomic E-state index is 12.5. The van der Waals surface area contributed by atoms with Crippen molar-refractivity contribution in [2.45, 2.75) is 37.5 Å². The van der Waals surface area contributed by atoms with Gasteiger partial charge in [0.1, 0.15) is 5.75 Å². The Kier molecular flexibility index (Phi) is 7.20. The molecule has 0 aliphatic heterocycles. The van der Waals surface area contributed by atoms with Gasteiger partial charge < -0.3 is 10.1 Å². The van der Waals surface area contributed by atoms with Crippen molar-refractivity contribution in [1.82, 2.24) is 0 Å². The fourth-order valence-electron chi connectivity index (χ4n) is 2.99. The summed E-state index contributed by atoms with van der Waals surface area (Å²) in [6.07, 6.45) is 1.03. The number of rotatable bonds is 9. The van der Waals surface area contributed by atoms with E-state index in [4.69, 9.17) is 4.74 Å². The second-order valence-electron chi connectivity index (χ2n) is 8.09. The molecular weight excluding hydrogens is 424 g/mol. The van der Waals surface area contributed by atoms with Gasteiger partial charge in [0.25, 0.3) is 15.9 Å². The fraction of sp³-hybridized carbons (Fsp3) is 0.240. The smallest absolute Gasteiger partial charge is 0.262 e. The van der Waals surface area contributed by atoms with Crippen LogP contribution in [0.4, 0.5) is 11.4 Å². The van der Waals surface area contributed by atoms with Crippen molar-refractivity contribution in [3.05, 3.63) is 84.4 Å². The van der Waals surface area contributed by atoms with Crippen LogP contribution in [-0.4, -0.2) is 20.9 Å². The van der Waals surface area contributed by atoms with Gasteiger partial charge in [0.05, 0.1) is 4.90 Å². The molecule has 0 spiro atoms. The molecule has 0 aliphatic carbocycles. The van der Waals surface area contributed by atoms with Crippen LogP contribution < -0.4 is 14.8 Å². The summed E-state index contributed by atoms with van der Waals surface area (Å²) in [5, 5.41) is 2.71. The number of benzene rings is 3. The van der Waals surface area contributed by atoms with E-state index >= 15 is 0 Å². The van der Waals surface area contributed by atoms with Gasteiger partial charge in [-0.2, -0.15) is 0 Å². The van der Waals surface area contributed by atoms with E-state index in [1.807, 2.05) is 24.3 Å². The van der Waals surface area contributed by atoms with Crippen LogP contribution in [0.25, 0.3) is 0 Å². The van der Waals surface area contributed by atoms with Gasteiger partial charge in [-0.25, -0.2) is 8.42 Å². The summed E-state index contributed by atoms with van der Waals surface area (Å²) in [7, 11) is -3.71. The minimum atomic E-state index is -3.71. The van der Waals surface area contributed by atoms with E-state index in [1.54, 1.807) is 42.5 Å². The lowest BCUT2D eigenvalue weighted by Gasteiger charge is -2.23. The maximum absolute atomic E-state index is 12.5. The minimum absolute atomic E-state index is 0.0894. The standard InChI is InChI=1S/C25H28N2O4S/c1-4-25(2,3)19-10-14-22(15-11-19)31-18-24(28)26-20-12-16-23(17-13-20)32(29,30)27-21-8-6-5-7-9-21/h5-17,27H,4,18H2,1-3H3,(H,26,28). The molecule has 0 atom stereocenters. The average molecular weight is 453 g/mol. The predicted octanol–water partition coefficient (Wildman–Crippen LogP) is 5.19. The van der Waals surface area contributed by atoms with E-state index in [9.17, 15) is 13.2 Å². The van der Waals surface area contributed by atoms with Crippen LogP contribution in [0, 0.1) is 0 Å². The first-order valence-corrected chi connectivity index (χ1v) is 11.9. The molecule has 0 aliphatic rings. The van der Waals surface area contributed by atoms with Gasteiger partial charge in [-0.15, -0.1) is 0 Å². The Morgan fingerprint density at radius 2 is 1.50 bits per heavy atom. The monoisotopic (exact) mass is 452 g/mol. The molecule has 6 nitrogen and oxygen atoms in total. The molecule has 0 unspecified atom stereocenters. The number of anilines is 2. The molecular formula is C25H28N2O4S. The Bertz CT molecular complexity index is 1140. The Labute approximate surface area is 189 Å². The molecule has 7 heteroatoms. The first-order chi connectivity index (χ1) is 15.2. The Morgan fingerprint density at radius 1 is 0.875 bits per heavy atom. The summed E-state index contributed by atoms with van der Waals surface area (Å²) in [6, 6.07) is 22.4. The number of hydrogen-bond donors (Lipinski definition) is 2. The van der Waals surface area contributed by atoms with Gasteiger partial charge in [0.2, 0.25) is 0 Å². The van der Waals surface area contributed by atoms with E-state index in [-0.39, 0.29) is 22.8 Å². The zero-order chi connectivity index (χ0) is 23.2. The molecule has 168 valence electrons. The second-order valence-corrected chi connectivity index (χ2v) is 9.78. The van der Waals surface area contributed by atoms with Crippen molar-refractivity contribution in [1.29, 1.82) is 0 Å². The highest BCUT2D eigenvalue weighted by Gasteiger charge is 2.18. The van der Waals surface area contributed by atoms with Crippen molar-refractivity contribution in [2.75, 3.05) is 16.6 Å². The predicted molar refractivity (Wildman–Crippen MR) is 128 cm³/mol. The van der Waals surface area contributed by atoms with Gasteiger partial charge in [-0.3, -0.25) is 9.52 Å². The quantitative estimate of drug-likeness (QED) is 0.468. The minimum Gasteiger partial charge on any atom is -0.484 e. The average Bonchev–Trinajstić information content (AvgIpc) is 2.79. The number of ether oxygens (including phenoxy) is 1. The second kappa shape index (κ2) is 9.87. The summed E-state index contributed by atoms with van der Waals surface area (Å²) < 4.78 is 33.0. The molecule has 0 heterocycles. The highest BCUT2D eigenvalue weighted by atomic mass is 32.2. The highest BCUT2D eigenvalue weighted by Crippen LogP contribution is 2.28. The number of carbonyl (C=O) groups is 1. The lowest BCUT2D eigenvalue weighted by molar-refractivity contribution is -0.118. The molecule has 0 bridgehead atoms. The van der Waals surface area contributed by atoms with Crippen molar-refractivity contribution in [2.24, 2.45) is 0 Å². The first kappa shape index (κ1) is 23.3. The maximum Gasteiger partial charge on any atom is 0.262 e. The molecule has 0 saturated carbocycles. The third-order valence-corrected chi connectivity index (χ3v) is 6.76. The van der Waals surface area contributed by atoms with E-state index in [0.29, 0.717) is 17.1 Å². The Morgan fingerprint density at radius 3 is 2.09 bits per heavy atom. The molecule has 3 aromatic rings. The Balaban J connectivity index is 1.54. The van der Waals surface area contributed by atoms with Crippen LogP contribution in [0.2, 0.25) is 0 Å². The SMILES string of the molecule is CCC(C)(C)c1ccc(OCC(=O)Nc2ccc(S(=O)(=O)Nc3ccccc3)cc2)cc1. The first-order valence-electron chi connectivity index (χ1n) is 10.4. The summed E-state index contributed by atoms with van der Waals surface area (Å²) >= 11 is 0. The number of sulfonamides is 1.